The van der Waals surface area contributed by atoms with Gasteiger partial charge >= 0.3 is 0 Å². The Bertz CT molecular complexity index is 599. The molecule has 3 rings (SSSR count). The number of hydrogen-bond donors (Lipinski definition) is 1. The topological polar surface area (TPSA) is 78.4 Å². The molecule has 1 aromatic rings. The molecule has 7 nitrogen and oxygen atoms in total. The van der Waals surface area contributed by atoms with Crippen molar-refractivity contribution in [1.29, 1.82) is 0 Å². The molecule has 3 heterocycles. The van der Waals surface area contributed by atoms with Gasteiger partial charge in [0.2, 0.25) is 17.8 Å². The fraction of sp³-hybridized carbons (Fsp3) is 0.667. The van der Waals surface area contributed by atoms with E-state index in [0.717, 1.165) is 32.5 Å². The quantitative estimate of drug-likeness (QED) is 0.872. The van der Waals surface area contributed by atoms with Crippen molar-refractivity contribution < 1.29 is 9.59 Å². The third kappa shape index (κ3) is 4.46. The summed E-state index contributed by atoms with van der Waals surface area (Å²) in [5, 5.41) is 3.32. The number of carbonyl (C=O) groups is 2. The molecule has 0 radical (unpaired) electrons. The number of nitrogens with zero attached hydrogens (tertiary/aromatic N) is 4. The van der Waals surface area contributed by atoms with Gasteiger partial charge in [0.05, 0.1) is 5.92 Å². The van der Waals surface area contributed by atoms with Crippen molar-refractivity contribution in [3.63, 3.8) is 0 Å². The first-order valence-corrected chi connectivity index (χ1v) is 9.13. The van der Waals surface area contributed by atoms with Gasteiger partial charge in [0.15, 0.2) is 0 Å². The Labute approximate surface area is 148 Å². The summed E-state index contributed by atoms with van der Waals surface area (Å²) in [6.45, 7) is 6.95. The molecule has 1 atom stereocenters. The Morgan fingerprint density at radius 1 is 1.28 bits per heavy atom. The lowest BCUT2D eigenvalue weighted by Crippen LogP contribution is -2.45. The average molecular weight is 345 g/mol. The zero-order chi connectivity index (χ0) is 17.8. The van der Waals surface area contributed by atoms with Gasteiger partial charge in [-0.05, 0) is 24.8 Å². The lowest BCUT2D eigenvalue weighted by Gasteiger charge is -2.33. The van der Waals surface area contributed by atoms with Crippen LogP contribution in [0.25, 0.3) is 0 Å². The summed E-state index contributed by atoms with van der Waals surface area (Å²) >= 11 is 0. The molecule has 2 amide bonds. The maximum Gasteiger partial charge on any atom is 0.227 e. The second kappa shape index (κ2) is 7.80. The Morgan fingerprint density at radius 2 is 1.96 bits per heavy atom. The van der Waals surface area contributed by atoms with E-state index in [1.54, 1.807) is 18.5 Å². The molecule has 136 valence electrons. The van der Waals surface area contributed by atoms with E-state index in [9.17, 15) is 9.59 Å². The second-order valence-electron chi connectivity index (χ2n) is 7.41. The van der Waals surface area contributed by atoms with Crippen LogP contribution in [0.15, 0.2) is 18.5 Å². The highest BCUT2D eigenvalue weighted by Crippen LogP contribution is 2.23. The van der Waals surface area contributed by atoms with E-state index < -0.39 is 0 Å². The number of amides is 2. The molecule has 0 spiro atoms. The van der Waals surface area contributed by atoms with Gasteiger partial charge in [0, 0.05) is 51.0 Å². The molecule has 0 bridgehead atoms. The maximum absolute atomic E-state index is 12.7. The summed E-state index contributed by atoms with van der Waals surface area (Å²) in [7, 11) is 0. The summed E-state index contributed by atoms with van der Waals surface area (Å²) in [5.41, 5.74) is 0. The summed E-state index contributed by atoms with van der Waals surface area (Å²) in [6, 6.07) is 2.08. The average Bonchev–Trinajstić information content (AvgIpc) is 2.96. The summed E-state index contributed by atoms with van der Waals surface area (Å²) < 4.78 is 0. The van der Waals surface area contributed by atoms with Crippen molar-refractivity contribution in [2.75, 3.05) is 31.5 Å². The predicted octanol–water partition coefficient (Wildman–Crippen LogP) is 1.38. The van der Waals surface area contributed by atoms with E-state index in [1.165, 1.54) is 0 Å². The molecular formula is C18H27N5O2. The van der Waals surface area contributed by atoms with Crippen LogP contribution in [-0.4, -0.2) is 63.8 Å². The normalized spacial score (nSPS) is 21.9. The molecule has 7 heteroatoms. The number of hydrogen-bond acceptors (Lipinski definition) is 5. The zero-order valence-electron chi connectivity index (χ0n) is 15.0. The third-order valence-corrected chi connectivity index (χ3v) is 4.85. The molecule has 1 N–H and O–H groups in total. The highest BCUT2D eigenvalue weighted by molar-refractivity contribution is 5.89. The maximum atomic E-state index is 12.7. The second-order valence-corrected chi connectivity index (χ2v) is 7.41. The highest BCUT2D eigenvalue weighted by Gasteiger charge is 2.37. The predicted molar refractivity (Wildman–Crippen MR) is 94.8 cm³/mol. The molecule has 0 aliphatic carbocycles. The molecule has 0 aromatic carbocycles. The van der Waals surface area contributed by atoms with Crippen molar-refractivity contribution in [3.05, 3.63) is 18.5 Å². The number of aromatic nitrogens is 2. The van der Waals surface area contributed by atoms with Crippen LogP contribution in [0.5, 0.6) is 0 Å². The van der Waals surface area contributed by atoms with Crippen molar-refractivity contribution >= 4 is 17.8 Å². The van der Waals surface area contributed by atoms with Gasteiger partial charge in [-0.1, -0.05) is 13.8 Å². The number of anilines is 1. The monoisotopic (exact) mass is 345 g/mol. The van der Waals surface area contributed by atoms with E-state index in [2.05, 4.69) is 29.1 Å². The number of rotatable bonds is 5. The minimum absolute atomic E-state index is 0.116. The fourth-order valence-corrected chi connectivity index (χ4v) is 3.61. The molecule has 2 fully saturated rings. The van der Waals surface area contributed by atoms with Crippen LogP contribution in [0.2, 0.25) is 0 Å². The lowest BCUT2D eigenvalue weighted by molar-refractivity contribution is -0.136. The first-order chi connectivity index (χ1) is 12.0. The van der Waals surface area contributed by atoms with E-state index in [0.29, 0.717) is 24.8 Å². The van der Waals surface area contributed by atoms with Crippen LogP contribution >= 0.6 is 0 Å². The van der Waals surface area contributed by atoms with Gasteiger partial charge in [0.1, 0.15) is 0 Å². The van der Waals surface area contributed by atoms with Gasteiger partial charge in [0.25, 0.3) is 0 Å². The van der Waals surface area contributed by atoms with Crippen LogP contribution in [-0.2, 0) is 9.59 Å². The summed E-state index contributed by atoms with van der Waals surface area (Å²) in [4.78, 5) is 37.0. The zero-order valence-corrected chi connectivity index (χ0v) is 15.0. The lowest BCUT2D eigenvalue weighted by atomic mass is 10.0. The largest absolute Gasteiger partial charge is 0.351 e. The first-order valence-electron chi connectivity index (χ1n) is 9.13. The standard InChI is InChI=1S/C18H27N5O2/c1-13(2)11-23-12-14(10-16(23)24)17(25)22-8-4-15(5-9-22)21-18-19-6-3-7-20-18/h3,6-7,13-15H,4-5,8-12H2,1-2H3,(H,19,20,21)/t14-/m0/s1. The fourth-order valence-electron chi connectivity index (χ4n) is 3.61. The van der Waals surface area contributed by atoms with Gasteiger partial charge in [-0.15, -0.1) is 0 Å². The molecular weight excluding hydrogens is 318 g/mol. The van der Waals surface area contributed by atoms with Crippen molar-refractivity contribution in [2.45, 2.75) is 39.2 Å². The molecule has 2 saturated heterocycles. The Kier molecular flexibility index (Phi) is 5.50. The smallest absolute Gasteiger partial charge is 0.227 e. The number of piperidine rings is 1. The minimum Gasteiger partial charge on any atom is -0.351 e. The Hall–Kier alpha value is -2.18. The van der Waals surface area contributed by atoms with Gasteiger partial charge < -0.3 is 15.1 Å². The molecule has 2 aliphatic heterocycles. The van der Waals surface area contributed by atoms with E-state index in [1.807, 2.05) is 9.80 Å². The van der Waals surface area contributed by atoms with Crippen LogP contribution in [0.3, 0.4) is 0 Å². The Morgan fingerprint density at radius 3 is 2.60 bits per heavy atom. The summed E-state index contributed by atoms with van der Waals surface area (Å²) in [5.74, 6) is 1.14. The molecule has 1 aromatic heterocycles. The molecule has 0 unspecified atom stereocenters. The molecule has 0 saturated carbocycles. The minimum atomic E-state index is -0.173. The molecule has 25 heavy (non-hydrogen) atoms. The van der Waals surface area contributed by atoms with Crippen LogP contribution in [0.4, 0.5) is 5.95 Å². The van der Waals surface area contributed by atoms with Crippen LogP contribution < -0.4 is 5.32 Å². The molecule has 2 aliphatic rings. The SMILES string of the molecule is CC(C)CN1C[C@@H](C(=O)N2CCC(Nc3ncccn3)CC2)CC1=O. The number of carbonyl (C=O) groups excluding carboxylic acids is 2. The van der Waals surface area contributed by atoms with Crippen LogP contribution in [0, 0.1) is 11.8 Å². The number of nitrogens with one attached hydrogen (secondary N) is 1. The third-order valence-electron chi connectivity index (χ3n) is 4.85. The van der Waals surface area contributed by atoms with Crippen LogP contribution in [0.1, 0.15) is 33.1 Å². The number of likely N-dealkylation sites (tertiary alicyclic amines) is 2. The van der Waals surface area contributed by atoms with Gasteiger partial charge in [-0.2, -0.15) is 0 Å². The van der Waals surface area contributed by atoms with E-state index in [-0.39, 0.29) is 23.8 Å². The van der Waals surface area contributed by atoms with Crippen molar-refractivity contribution in [1.82, 2.24) is 19.8 Å². The Balaban J connectivity index is 1.48. The van der Waals surface area contributed by atoms with E-state index in [4.69, 9.17) is 0 Å². The highest BCUT2D eigenvalue weighted by atomic mass is 16.2. The van der Waals surface area contributed by atoms with Crippen molar-refractivity contribution in [3.8, 4) is 0 Å². The first kappa shape index (κ1) is 17.6. The van der Waals surface area contributed by atoms with Gasteiger partial charge in [-0.25, -0.2) is 9.97 Å². The van der Waals surface area contributed by atoms with E-state index >= 15 is 0 Å². The summed E-state index contributed by atoms with van der Waals surface area (Å²) in [6.07, 6.45) is 5.55. The van der Waals surface area contributed by atoms with Crippen molar-refractivity contribution in [2.24, 2.45) is 11.8 Å². The van der Waals surface area contributed by atoms with Gasteiger partial charge in [-0.3, -0.25) is 9.59 Å².